The van der Waals surface area contributed by atoms with E-state index >= 15 is 0 Å². The average Bonchev–Trinajstić information content (AvgIpc) is 0.753. The summed E-state index contributed by atoms with van der Waals surface area (Å²) in [5.74, 6) is -29.1. The second kappa shape index (κ2) is 37.1. The van der Waals surface area contributed by atoms with E-state index in [1.807, 2.05) is 0 Å². The summed E-state index contributed by atoms with van der Waals surface area (Å²) in [7, 11) is 0. The van der Waals surface area contributed by atoms with Gasteiger partial charge in [0.15, 0.2) is 31.7 Å². The predicted molar refractivity (Wildman–Crippen MR) is 381 cm³/mol. The number of halogens is 10. The summed E-state index contributed by atoms with van der Waals surface area (Å²) >= 11 is 0. The van der Waals surface area contributed by atoms with Gasteiger partial charge in [0.1, 0.15) is 58.8 Å². The van der Waals surface area contributed by atoms with Crippen LogP contribution in [0.1, 0.15) is 239 Å². The van der Waals surface area contributed by atoms with Crippen LogP contribution in [0.15, 0.2) is 0 Å². The monoisotopic (exact) mass is 1660 g/mol. The third-order valence-corrected chi connectivity index (χ3v) is 23.6. The van der Waals surface area contributed by atoms with Gasteiger partial charge in [-0.1, -0.05) is 29.7 Å². The Balaban J connectivity index is 0.000000255. The molecular weight excluding hydrogens is 1550 g/mol. The van der Waals surface area contributed by atoms with Gasteiger partial charge in [0.25, 0.3) is 0 Å². The van der Waals surface area contributed by atoms with Crippen LogP contribution in [0.3, 0.4) is 0 Å². The zero-order chi connectivity index (χ0) is 82.3. The molecule has 652 valence electrons. The van der Waals surface area contributed by atoms with Crippen molar-refractivity contribution in [1.82, 2.24) is 0 Å². The maximum absolute atomic E-state index is 12.9. The Morgan fingerprint density at radius 2 is 0.626 bits per heavy atom. The number of ketones is 5. The van der Waals surface area contributed by atoms with E-state index in [-0.39, 0.29) is 94.4 Å². The van der Waals surface area contributed by atoms with Crippen LogP contribution in [0.25, 0.3) is 0 Å². The molecule has 35 heteroatoms. The van der Waals surface area contributed by atoms with Gasteiger partial charge in [-0.2, -0.15) is 43.9 Å². The zero-order valence-electron chi connectivity index (χ0n) is 63.1. The van der Waals surface area contributed by atoms with Crippen molar-refractivity contribution in [3.8, 4) is 0 Å². The molecule has 10 atom stereocenters. The summed E-state index contributed by atoms with van der Waals surface area (Å²) in [6.07, 6.45) is 15.5. The van der Waals surface area contributed by atoms with Crippen molar-refractivity contribution in [3.05, 3.63) is 0 Å². The number of ether oxygens (including phenoxy) is 10. The van der Waals surface area contributed by atoms with Gasteiger partial charge in [0.2, 0.25) is 0 Å². The molecule has 0 aromatic carbocycles. The second-order valence-corrected chi connectivity index (χ2v) is 34.3. The van der Waals surface area contributed by atoms with Crippen molar-refractivity contribution in [2.24, 2.45) is 82.3 Å². The molecule has 16 bridgehead atoms. The first-order valence-corrected chi connectivity index (χ1v) is 37.7. The molecule has 0 N–H and O–H groups in total. The minimum absolute atomic E-state index is 0. The van der Waals surface area contributed by atoms with Crippen molar-refractivity contribution in [2.75, 3.05) is 33.0 Å². The SMILES string of the molecule is C.C.C.C.CC(COC(=O)C(C)(F)F)C(=O)OC12CC3CC(C1)C(=O)C(C3)C2.CC(F)(F)C(=O)OCC(=O)OC12CC3CC(C1)C(=O)C(C3)C2.CC(F)(F)C(=O)OCC(=O)OC12CC3CC(C1)C(=O)C(C3)C2.CC(F)(F)C(=O)OCC(=O)OC1CCCCC1=O.CC(F)(F)C(=O)OCC(C)(C)C(=O)OC12CC3CC(C1)C(=O)C(C3)C2. The number of Topliss-reactive ketones (excluding diaryl/α,β-unsaturated/α-hetero) is 5. The Labute approximate surface area is 662 Å². The minimum atomic E-state index is -3.65. The number of hydrogen-bond acceptors (Lipinski definition) is 25. The number of esters is 10. The fourth-order valence-electron chi connectivity index (χ4n) is 19.2. The lowest BCUT2D eigenvalue weighted by molar-refractivity contribution is -0.201. The van der Waals surface area contributed by atoms with Gasteiger partial charge in [-0.3, -0.25) is 33.6 Å². The molecule has 10 unspecified atom stereocenters. The van der Waals surface area contributed by atoms with Gasteiger partial charge < -0.3 is 47.4 Å². The van der Waals surface area contributed by atoms with Gasteiger partial charge >= 0.3 is 89.3 Å². The molecule has 0 aromatic heterocycles. The summed E-state index contributed by atoms with van der Waals surface area (Å²) in [5, 5.41) is 0. The fourth-order valence-corrected chi connectivity index (χ4v) is 19.2. The van der Waals surface area contributed by atoms with Crippen LogP contribution < -0.4 is 0 Å². The van der Waals surface area contributed by atoms with Crippen molar-refractivity contribution in [3.63, 3.8) is 0 Å². The highest BCUT2D eigenvalue weighted by Gasteiger charge is 2.62. The van der Waals surface area contributed by atoms with Crippen LogP contribution >= 0.6 is 0 Å². The van der Waals surface area contributed by atoms with E-state index in [4.69, 9.17) is 23.7 Å². The lowest BCUT2D eigenvalue weighted by Gasteiger charge is -2.55. The number of carbonyl (C=O) groups excluding carboxylic acids is 15. The van der Waals surface area contributed by atoms with Crippen molar-refractivity contribution in [2.45, 2.75) is 297 Å². The standard InChI is InChI=1S/C18H24F2O5.C17H22F2O5.2C15H18F2O5.C11H14F2O5.4CH4/c1-16(2,9-24-15(23)17(3,19)20)14(22)25-18-6-10-4-11(7-18)13(21)12(5-10)8-18;1-9(8-23-15(22)16(2,18)19)14(21)24-17-5-10-3-11(6-17)13(20)12(4-10)7-17;2*1-14(16,17)13(20)21-7-11(18)22-15-4-8-2-9(5-15)12(19)10(3-8)6-15;1-11(12,13)10(16)17-6-9(15)18-8-5-3-2-4-7(8)14;;;;/h10-12H,4-9H2,1-3H3;9-12H,3-8H2,1-2H3;2*8-10H,2-7H2,1H3;8H,2-6H2,1H3;4*1H4. The van der Waals surface area contributed by atoms with Crippen molar-refractivity contribution in [1.29, 1.82) is 0 Å². The van der Waals surface area contributed by atoms with E-state index in [0.717, 1.165) is 77.0 Å². The topological polar surface area (TPSA) is 348 Å². The van der Waals surface area contributed by atoms with Gasteiger partial charge in [-0.15, -0.1) is 0 Å². The fraction of sp³-hybridized carbons (Fsp3) is 0.812. The van der Waals surface area contributed by atoms with E-state index in [0.29, 0.717) is 147 Å². The highest BCUT2D eigenvalue weighted by Crippen LogP contribution is 2.60. The lowest BCUT2D eigenvalue weighted by atomic mass is 9.53. The van der Waals surface area contributed by atoms with Gasteiger partial charge in [0, 0.05) is 88.4 Å². The van der Waals surface area contributed by atoms with E-state index in [1.165, 1.54) is 20.8 Å². The zero-order valence-corrected chi connectivity index (χ0v) is 63.1. The maximum atomic E-state index is 12.9. The number of alkyl halides is 10. The largest absolute Gasteiger partial charge is 0.460 e. The molecule has 0 aliphatic heterocycles. The molecule has 0 saturated heterocycles. The first kappa shape index (κ1) is 97.9. The Kier molecular flexibility index (Phi) is 31.6. The van der Waals surface area contributed by atoms with Crippen molar-refractivity contribution < 1.29 is 163 Å². The van der Waals surface area contributed by atoms with Crippen LogP contribution in [0.5, 0.6) is 0 Å². The Hall–Kier alpha value is -7.65. The van der Waals surface area contributed by atoms with E-state index in [9.17, 15) is 116 Å². The number of carbonyl (C=O) groups is 15. The molecular formula is C80H112F10O25. The Morgan fingerprint density at radius 3 is 0.922 bits per heavy atom. The molecule has 17 aliphatic carbocycles. The molecule has 0 spiro atoms. The number of hydrogen-bond donors (Lipinski definition) is 0. The first-order chi connectivity index (χ1) is 51.2. The third-order valence-electron chi connectivity index (χ3n) is 23.6. The highest BCUT2D eigenvalue weighted by atomic mass is 19.3. The van der Waals surface area contributed by atoms with Crippen LogP contribution in [0.4, 0.5) is 43.9 Å². The van der Waals surface area contributed by atoms with Gasteiger partial charge in [0.05, 0.1) is 11.3 Å². The second-order valence-electron chi connectivity index (χ2n) is 34.3. The summed E-state index contributed by atoms with van der Waals surface area (Å²) in [5.41, 5.74) is -3.81. The van der Waals surface area contributed by atoms with Gasteiger partial charge in [-0.25, -0.2) is 38.4 Å². The minimum Gasteiger partial charge on any atom is -0.460 e. The first-order valence-electron chi connectivity index (χ1n) is 37.7. The summed E-state index contributed by atoms with van der Waals surface area (Å²) in [6, 6.07) is 0. The van der Waals surface area contributed by atoms with Crippen molar-refractivity contribution >= 4 is 88.6 Å². The molecule has 17 fully saturated rings. The molecule has 0 amide bonds. The van der Waals surface area contributed by atoms with Crippen LogP contribution in [-0.4, -0.2) is 180 Å². The molecule has 25 nitrogen and oxygen atoms in total. The molecule has 0 heterocycles. The lowest BCUT2D eigenvalue weighted by Crippen LogP contribution is -2.57. The van der Waals surface area contributed by atoms with Crippen LogP contribution in [0.2, 0.25) is 0 Å². The van der Waals surface area contributed by atoms with E-state index < -0.39 is 162 Å². The Bertz CT molecular complexity index is 3470. The normalized spacial score (nSPS) is 31.9. The van der Waals surface area contributed by atoms with E-state index in [2.05, 4.69) is 23.7 Å². The van der Waals surface area contributed by atoms with Crippen LogP contribution in [0, 0.1) is 82.3 Å². The summed E-state index contributed by atoms with van der Waals surface area (Å²) in [6.45, 7) is 3.10. The van der Waals surface area contributed by atoms with E-state index in [1.54, 1.807) is 0 Å². The molecule has 115 heavy (non-hydrogen) atoms. The molecule has 17 saturated carbocycles. The molecule has 0 radical (unpaired) electrons. The molecule has 0 aromatic rings. The quantitative estimate of drug-likeness (QED) is 0.0552. The highest BCUT2D eigenvalue weighted by molar-refractivity contribution is 5.90. The smallest absolute Gasteiger partial charge is 0.377 e. The predicted octanol–water partition coefficient (Wildman–Crippen LogP) is 12.9. The third kappa shape index (κ3) is 24.5. The molecule has 17 aliphatic rings. The molecule has 17 rings (SSSR count). The van der Waals surface area contributed by atoms with Crippen LogP contribution in [-0.2, 0) is 119 Å². The average molecular weight is 1660 g/mol. The summed E-state index contributed by atoms with van der Waals surface area (Å²) in [4.78, 5) is 174. The summed E-state index contributed by atoms with van der Waals surface area (Å²) < 4.78 is 176. The maximum Gasteiger partial charge on any atom is 0.377 e. The number of rotatable bonds is 22. The Morgan fingerprint density at radius 1 is 0.357 bits per heavy atom. The van der Waals surface area contributed by atoms with Gasteiger partial charge in [-0.05, 0) is 192 Å².